The summed E-state index contributed by atoms with van der Waals surface area (Å²) in [5.41, 5.74) is 6.59. The summed E-state index contributed by atoms with van der Waals surface area (Å²) in [5, 5.41) is 11.7. The Morgan fingerprint density at radius 3 is 2.48 bits per heavy atom. The second-order valence-corrected chi connectivity index (χ2v) is 8.24. The third-order valence-electron chi connectivity index (χ3n) is 4.41. The number of benzene rings is 1. The second-order valence-electron chi connectivity index (χ2n) is 6.47. The number of aliphatic carboxylic acids is 1. The van der Waals surface area contributed by atoms with Crippen molar-refractivity contribution >= 4 is 29.5 Å². The third kappa shape index (κ3) is 3.68. The Kier molecular flexibility index (Phi) is 6.41. The van der Waals surface area contributed by atoms with Gasteiger partial charge in [0.05, 0.1) is 0 Å². The molecule has 4 N–H and O–H groups in total. The van der Waals surface area contributed by atoms with E-state index in [0.29, 0.717) is 5.56 Å². The van der Waals surface area contributed by atoms with Crippen LogP contribution in [0.15, 0.2) is 30.3 Å². The minimum atomic E-state index is -1.03. The molecule has 2 fully saturated rings. The molecule has 2 aliphatic heterocycles. The first-order valence-electron chi connectivity index (χ1n) is 7.58. The minimum absolute atomic E-state index is 0. The van der Waals surface area contributed by atoms with Crippen LogP contribution in [0.2, 0.25) is 0 Å². The zero-order chi connectivity index (χ0) is 17.6. The Bertz CT molecular complexity index is 700. The molecule has 128 valence electrons. The van der Waals surface area contributed by atoms with E-state index in [1.165, 1.54) is 16.7 Å². The van der Waals surface area contributed by atoms with Crippen LogP contribution in [0.3, 0.4) is 0 Å². The van der Waals surface area contributed by atoms with Crippen molar-refractivity contribution in [2.75, 3.05) is 0 Å². The van der Waals surface area contributed by atoms with E-state index >= 15 is 0 Å². The first kappa shape index (κ1) is 20.9. The van der Waals surface area contributed by atoms with E-state index < -0.39 is 34.7 Å². The van der Waals surface area contributed by atoms with Gasteiger partial charge in [0.2, 0.25) is 11.8 Å². The summed E-state index contributed by atoms with van der Waals surface area (Å²) in [6.07, 6.45) is 0. The van der Waals surface area contributed by atoms with Crippen LogP contribution in [0.4, 0.5) is 0 Å². The van der Waals surface area contributed by atoms with Gasteiger partial charge in [0.25, 0.3) is 0 Å². The fourth-order valence-electron chi connectivity index (χ4n) is 3.20. The summed E-state index contributed by atoms with van der Waals surface area (Å²) in [7, 11) is 0. The van der Waals surface area contributed by atoms with Crippen molar-refractivity contribution in [3.63, 3.8) is 0 Å². The minimum Gasteiger partial charge on any atom is -0.480 e. The number of amides is 2. The summed E-state index contributed by atoms with van der Waals surface area (Å²) < 4.78 is -0.618. The van der Waals surface area contributed by atoms with Crippen molar-refractivity contribution in [2.45, 2.75) is 42.1 Å². The number of rotatable bonds is 4. The molecule has 9 heteroatoms. The van der Waals surface area contributed by atoms with Crippen LogP contribution in [0.5, 0.6) is 0 Å². The van der Waals surface area contributed by atoms with Crippen LogP contribution in [0, 0.1) is 0 Å². The fourth-order valence-corrected chi connectivity index (χ4v) is 4.83. The van der Waals surface area contributed by atoms with Crippen LogP contribution >= 0.6 is 11.8 Å². The van der Waals surface area contributed by atoms with E-state index in [9.17, 15) is 19.5 Å². The topological polar surface area (TPSA) is 113 Å². The maximum atomic E-state index is 12.3. The number of carbonyl (C=O) groups is 3. The van der Waals surface area contributed by atoms with Crippen molar-refractivity contribution in [1.82, 2.24) is 10.2 Å². The van der Waals surface area contributed by atoms with Crippen molar-refractivity contribution in [3.8, 4) is 0 Å². The number of nitrogens with zero attached hydrogens (tertiary/aromatic N) is 1. The molecular weight excluding hydrogens is 369 g/mol. The van der Waals surface area contributed by atoms with Gasteiger partial charge in [-0.2, -0.15) is 0 Å². The van der Waals surface area contributed by atoms with Gasteiger partial charge in [-0.15, -0.1) is 11.8 Å². The molecule has 2 amide bonds. The molecule has 0 unspecified atom stereocenters. The fraction of sp³-hybridized carbons (Fsp3) is 0.438. The maximum absolute atomic E-state index is 12.3. The van der Waals surface area contributed by atoms with Crippen molar-refractivity contribution in [1.29, 1.82) is 0 Å². The summed E-state index contributed by atoms with van der Waals surface area (Å²) in [6.45, 7) is 3.58. The van der Waals surface area contributed by atoms with Gasteiger partial charge in [-0.1, -0.05) is 30.3 Å². The molecule has 1 aromatic rings. The summed E-state index contributed by atoms with van der Waals surface area (Å²) in [4.78, 5) is 37.5. The zero-order valence-electron chi connectivity index (χ0n) is 14.3. The van der Waals surface area contributed by atoms with Crippen molar-refractivity contribution in [2.24, 2.45) is 5.73 Å². The molecule has 2 saturated heterocycles. The SMILES string of the molecule is CC1(C)S[C@@H]2[C@H](NC(=O)[C@H](N)c3ccccc3)C(=O)N2[C@H]1C(=O)O.[K+]. The maximum Gasteiger partial charge on any atom is 1.00 e. The van der Waals surface area contributed by atoms with E-state index in [1.54, 1.807) is 38.1 Å². The molecule has 0 saturated carbocycles. The molecule has 3 rings (SSSR count). The van der Waals surface area contributed by atoms with Gasteiger partial charge in [0, 0.05) is 4.75 Å². The van der Waals surface area contributed by atoms with Gasteiger partial charge >= 0.3 is 57.4 Å². The van der Waals surface area contributed by atoms with Gasteiger partial charge in [-0.25, -0.2) is 4.79 Å². The van der Waals surface area contributed by atoms with Crippen LogP contribution in [-0.2, 0) is 14.4 Å². The number of fused-ring (bicyclic) bond motifs is 1. The quantitative estimate of drug-likeness (QED) is 0.383. The number of carbonyl (C=O) groups excluding carboxylic acids is 2. The molecular formula is C16H19KN3O4S+. The molecule has 7 nitrogen and oxygen atoms in total. The standard InChI is InChI=1S/C16H19N3O4S.K/c1-16(2)11(15(22)23)19-13(21)10(14(19)24-16)18-12(20)9(17)8-6-4-3-5-7-8;/h3-7,9-11,14H,17H2,1-2H3,(H,18,20)(H,22,23);/q;+1/t9-,10-,11+,14-;/m1./s1. The molecule has 2 aliphatic rings. The van der Waals surface area contributed by atoms with Crippen molar-refractivity contribution < 1.29 is 70.9 Å². The average molecular weight is 389 g/mol. The number of β-lactam (4-membered cyclic amide) rings is 1. The number of nitrogens with two attached hydrogens (primary N) is 1. The zero-order valence-corrected chi connectivity index (χ0v) is 18.2. The molecule has 25 heavy (non-hydrogen) atoms. The predicted molar refractivity (Wildman–Crippen MR) is 89.0 cm³/mol. The van der Waals surface area contributed by atoms with Crippen LogP contribution < -0.4 is 62.4 Å². The molecule has 2 heterocycles. The summed E-state index contributed by atoms with van der Waals surface area (Å²) >= 11 is 1.38. The molecule has 0 radical (unpaired) electrons. The number of hydrogen-bond donors (Lipinski definition) is 3. The normalized spacial score (nSPS) is 27.6. The number of carboxylic acids is 1. The van der Waals surface area contributed by atoms with E-state index in [4.69, 9.17) is 5.73 Å². The van der Waals surface area contributed by atoms with Gasteiger partial charge in [0.1, 0.15) is 23.5 Å². The number of carboxylic acid groups (broad SMARTS) is 1. The predicted octanol–water partition coefficient (Wildman–Crippen LogP) is -2.68. The Morgan fingerprint density at radius 1 is 1.32 bits per heavy atom. The van der Waals surface area contributed by atoms with E-state index in [1.807, 2.05) is 6.07 Å². The second kappa shape index (κ2) is 7.67. The summed E-state index contributed by atoms with van der Waals surface area (Å²) in [5.74, 6) is -1.86. The molecule has 0 aromatic heterocycles. The molecule has 4 atom stereocenters. The number of nitrogens with one attached hydrogen (secondary N) is 1. The van der Waals surface area contributed by atoms with Gasteiger partial charge in [0.15, 0.2) is 0 Å². The monoisotopic (exact) mass is 388 g/mol. The Morgan fingerprint density at radius 2 is 1.92 bits per heavy atom. The van der Waals surface area contributed by atoms with Crippen molar-refractivity contribution in [3.05, 3.63) is 35.9 Å². The first-order chi connectivity index (χ1) is 11.2. The molecule has 1 aromatic carbocycles. The van der Waals surface area contributed by atoms with E-state index in [-0.39, 0.29) is 62.7 Å². The van der Waals surface area contributed by atoms with Gasteiger partial charge < -0.3 is 21.1 Å². The molecule has 0 bridgehead atoms. The first-order valence-corrected chi connectivity index (χ1v) is 8.45. The Balaban J connectivity index is 0.00000225. The third-order valence-corrected chi connectivity index (χ3v) is 5.99. The van der Waals surface area contributed by atoms with Crippen LogP contribution in [-0.4, -0.2) is 50.0 Å². The average Bonchev–Trinajstić information content (AvgIpc) is 2.80. The summed E-state index contributed by atoms with van der Waals surface area (Å²) in [6, 6.07) is 6.38. The smallest absolute Gasteiger partial charge is 0.480 e. The molecule has 0 spiro atoms. The van der Waals surface area contributed by atoms with Crippen LogP contribution in [0.1, 0.15) is 25.5 Å². The van der Waals surface area contributed by atoms with Crippen LogP contribution in [0.25, 0.3) is 0 Å². The Labute approximate surface area is 192 Å². The largest absolute Gasteiger partial charge is 1.00 e. The molecule has 0 aliphatic carbocycles. The van der Waals surface area contributed by atoms with Gasteiger partial charge in [-0.05, 0) is 19.4 Å². The number of hydrogen-bond acceptors (Lipinski definition) is 5. The van der Waals surface area contributed by atoms with E-state index in [0.717, 1.165) is 0 Å². The number of thioether (sulfide) groups is 1. The van der Waals surface area contributed by atoms with E-state index in [2.05, 4.69) is 5.32 Å². The van der Waals surface area contributed by atoms with Gasteiger partial charge in [-0.3, -0.25) is 9.59 Å². The Hall–Kier alpha value is -0.424.